The molecule has 9 heteroatoms. The van der Waals surface area contributed by atoms with E-state index >= 15 is 0 Å². The second-order valence-corrected chi connectivity index (χ2v) is 7.66. The number of amides is 1. The zero-order valence-electron chi connectivity index (χ0n) is 15.0. The first-order valence-electron chi connectivity index (χ1n) is 8.37. The summed E-state index contributed by atoms with van der Waals surface area (Å²) in [5, 5.41) is 10.9. The van der Waals surface area contributed by atoms with Crippen molar-refractivity contribution < 1.29 is 18.4 Å². The van der Waals surface area contributed by atoms with Crippen LogP contribution in [0.1, 0.15) is 10.4 Å². The molecule has 1 amide bonds. The third-order valence-electron chi connectivity index (χ3n) is 3.98. The first-order valence-corrected chi connectivity index (χ1v) is 9.96. The Hall–Kier alpha value is -2.91. The number of benzene rings is 2. The standard InChI is InChI=1S/C20H13Br2N3O4/c1-27-17-14(9-12(21)10-15(17)22)18(26)23-13-5-2-4-11(8-13)19-24-25-20(29-19)16-6-3-7-28-16/h2-10H,1H3,(H,23,26). The Morgan fingerprint density at radius 1 is 1.07 bits per heavy atom. The molecule has 0 radical (unpaired) electrons. The van der Waals surface area contributed by atoms with Crippen LogP contribution in [0.3, 0.4) is 0 Å². The van der Waals surface area contributed by atoms with Crippen LogP contribution in [-0.4, -0.2) is 23.2 Å². The average molecular weight is 519 g/mol. The largest absolute Gasteiger partial charge is 0.495 e. The van der Waals surface area contributed by atoms with E-state index in [4.69, 9.17) is 13.6 Å². The minimum Gasteiger partial charge on any atom is -0.495 e. The average Bonchev–Trinajstić information content (AvgIpc) is 3.39. The van der Waals surface area contributed by atoms with Gasteiger partial charge in [-0.2, -0.15) is 0 Å². The lowest BCUT2D eigenvalue weighted by Crippen LogP contribution is -2.13. The zero-order chi connectivity index (χ0) is 20.4. The molecule has 2 aromatic carbocycles. The van der Waals surface area contributed by atoms with Crippen molar-refractivity contribution in [3.8, 4) is 28.9 Å². The molecule has 4 aromatic rings. The fourth-order valence-electron chi connectivity index (χ4n) is 2.70. The van der Waals surface area contributed by atoms with Gasteiger partial charge in [-0.05, 0) is 58.4 Å². The number of hydrogen-bond donors (Lipinski definition) is 1. The highest BCUT2D eigenvalue weighted by atomic mass is 79.9. The van der Waals surface area contributed by atoms with Gasteiger partial charge in [-0.25, -0.2) is 0 Å². The van der Waals surface area contributed by atoms with Crippen molar-refractivity contribution in [2.75, 3.05) is 12.4 Å². The third-order valence-corrected chi connectivity index (χ3v) is 5.03. The number of anilines is 1. The number of carbonyl (C=O) groups excluding carboxylic acids is 1. The fourth-order valence-corrected chi connectivity index (χ4v) is 4.09. The number of hydrogen-bond acceptors (Lipinski definition) is 6. The smallest absolute Gasteiger partial charge is 0.283 e. The molecule has 7 nitrogen and oxygen atoms in total. The predicted molar refractivity (Wildman–Crippen MR) is 114 cm³/mol. The molecule has 0 aliphatic heterocycles. The van der Waals surface area contributed by atoms with Crippen molar-refractivity contribution in [1.29, 1.82) is 0 Å². The van der Waals surface area contributed by atoms with Gasteiger partial charge in [0, 0.05) is 15.7 Å². The third kappa shape index (κ3) is 4.10. The summed E-state index contributed by atoms with van der Waals surface area (Å²) in [6, 6.07) is 14.1. The van der Waals surface area contributed by atoms with Gasteiger partial charge in [-0.3, -0.25) is 4.79 Å². The molecule has 2 aromatic heterocycles. The van der Waals surface area contributed by atoms with E-state index < -0.39 is 0 Å². The van der Waals surface area contributed by atoms with Crippen LogP contribution in [0.5, 0.6) is 5.75 Å². The summed E-state index contributed by atoms with van der Waals surface area (Å²) in [6.45, 7) is 0. The molecule has 29 heavy (non-hydrogen) atoms. The van der Waals surface area contributed by atoms with Crippen LogP contribution in [0.2, 0.25) is 0 Å². The normalized spacial score (nSPS) is 10.7. The maximum absolute atomic E-state index is 12.8. The van der Waals surface area contributed by atoms with Crippen molar-refractivity contribution in [3.63, 3.8) is 0 Å². The Kier molecular flexibility index (Phi) is 5.50. The molecule has 146 valence electrons. The summed E-state index contributed by atoms with van der Waals surface area (Å²) in [4.78, 5) is 12.8. The fraction of sp³-hybridized carbons (Fsp3) is 0.0500. The molecule has 0 fully saturated rings. The molecular weight excluding hydrogens is 506 g/mol. The number of rotatable bonds is 5. The molecular formula is C20H13Br2N3O4. The molecule has 0 aliphatic carbocycles. The molecule has 0 aliphatic rings. The van der Waals surface area contributed by atoms with Gasteiger partial charge in [-0.1, -0.05) is 22.0 Å². The lowest BCUT2D eigenvalue weighted by atomic mass is 10.1. The quantitative estimate of drug-likeness (QED) is 0.360. The molecule has 0 atom stereocenters. The highest BCUT2D eigenvalue weighted by Gasteiger charge is 2.18. The van der Waals surface area contributed by atoms with Crippen molar-refractivity contribution in [3.05, 3.63) is 69.3 Å². The van der Waals surface area contributed by atoms with E-state index in [0.717, 1.165) is 4.47 Å². The number of nitrogens with one attached hydrogen (secondary N) is 1. The van der Waals surface area contributed by atoms with Crippen molar-refractivity contribution >= 4 is 43.5 Å². The first-order chi connectivity index (χ1) is 14.0. The van der Waals surface area contributed by atoms with Crippen LogP contribution in [0, 0.1) is 0 Å². The van der Waals surface area contributed by atoms with E-state index in [1.165, 1.54) is 13.4 Å². The van der Waals surface area contributed by atoms with Crippen molar-refractivity contribution in [2.24, 2.45) is 0 Å². The molecule has 2 heterocycles. The number of furan rings is 1. The Balaban J connectivity index is 1.59. The molecule has 0 saturated carbocycles. The highest BCUT2D eigenvalue weighted by molar-refractivity contribution is 9.11. The van der Waals surface area contributed by atoms with E-state index in [0.29, 0.717) is 38.7 Å². The van der Waals surface area contributed by atoms with Crippen LogP contribution in [-0.2, 0) is 0 Å². The van der Waals surface area contributed by atoms with Crippen molar-refractivity contribution in [1.82, 2.24) is 10.2 Å². The summed E-state index contributed by atoms with van der Waals surface area (Å²) in [5.74, 6) is 1.21. The predicted octanol–water partition coefficient (Wildman–Crippen LogP) is 5.78. The van der Waals surface area contributed by atoms with E-state index in [1.807, 2.05) is 12.1 Å². The minimum absolute atomic E-state index is 0.281. The minimum atomic E-state index is -0.317. The number of aromatic nitrogens is 2. The molecule has 0 bridgehead atoms. The van der Waals surface area contributed by atoms with Gasteiger partial charge in [0.2, 0.25) is 5.89 Å². The topological polar surface area (TPSA) is 90.4 Å². The van der Waals surface area contributed by atoms with Gasteiger partial charge in [0.15, 0.2) is 5.76 Å². The number of nitrogens with zero attached hydrogens (tertiary/aromatic N) is 2. The maximum atomic E-state index is 12.8. The van der Waals surface area contributed by atoms with Gasteiger partial charge in [0.25, 0.3) is 11.8 Å². The molecule has 4 rings (SSSR count). The Morgan fingerprint density at radius 3 is 2.66 bits per heavy atom. The highest BCUT2D eigenvalue weighted by Crippen LogP contribution is 2.33. The number of ether oxygens (including phenoxy) is 1. The summed E-state index contributed by atoms with van der Waals surface area (Å²) in [6.07, 6.45) is 1.53. The van der Waals surface area contributed by atoms with Crippen molar-refractivity contribution in [2.45, 2.75) is 0 Å². The Morgan fingerprint density at radius 2 is 1.90 bits per heavy atom. The lowest BCUT2D eigenvalue weighted by Gasteiger charge is -2.12. The Labute approximate surface area is 182 Å². The van der Waals surface area contributed by atoms with Crippen LogP contribution in [0.25, 0.3) is 23.1 Å². The molecule has 0 saturated heterocycles. The SMILES string of the molecule is COc1c(Br)cc(Br)cc1C(=O)Nc1cccc(-c2nnc(-c3ccco3)o2)c1. The van der Waals surface area contributed by atoms with Crippen LogP contribution in [0.15, 0.2) is 72.6 Å². The second kappa shape index (κ2) is 8.22. The number of carbonyl (C=O) groups is 1. The lowest BCUT2D eigenvalue weighted by molar-refractivity contribution is 0.102. The summed E-state index contributed by atoms with van der Waals surface area (Å²) < 4.78 is 17.7. The summed E-state index contributed by atoms with van der Waals surface area (Å²) in [5.41, 5.74) is 1.62. The van der Waals surface area contributed by atoms with E-state index in [-0.39, 0.29) is 11.8 Å². The summed E-state index contributed by atoms with van der Waals surface area (Å²) >= 11 is 6.79. The summed E-state index contributed by atoms with van der Waals surface area (Å²) in [7, 11) is 1.51. The van der Waals surface area contributed by atoms with Gasteiger partial charge in [0.1, 0.15) is 5.75 Å². The van der Waals surface area contributed by atoms with Crippen LogP contribution in [0.4, 0.5) is 5.69 Å². The maximum Gasteiger partial charge on any atom is 0.283 e. The monoisotopic (exact) mass is 517 g/mol. The molecule has 0 unspecified atom stereocenters. The molecule has 1 N–H and O–H groups in total. The zero-order valence-corrected chi connectivity index (χ0v) is 18.2. The Bertz CT molecular complexity index is 1170. The number of methoxy groups -OCH3 is 1. The van der Waals surface area contributed by atoms with Crippen LogP contribution < -0.4 is 10.1 Å². The molecule has 0 spiro atoms. The second-order valence-electron chi connectivity index (χ2n) is 5.89. The van der Waals surface area contributed by atoms with Gasteiger partial charge in [-0.15, -0.1) is 10.2 Å². The van der Waals surface area contributed by atoms with E-state index in [2.05, 4.69) is 47.4 Å². The van der Waals surface area contributed by atoms with Gasteiger partial charge in [0.05, 0.1) is 23.4 Å². The van der Waals surface area contributed by atoms with E-state index in [1.54, 1.807) is 36.4 Å². The van der Waals surface area contributed by atoms with Gasteiger partial charge < -0.3 is 18.9 Å². The number of halogens is 2. The van der Waals surface area contributed by atoms with E-state index in [9.17, 15) is 4.79 Å². The first kappa shape index (κ1) is 19.4. The van der Waals surface area contributed by atoms with Crippen LogP contribution >= 0.6 is 31.9 Å². The van der Waals surface area contributed by atoms with Gasteiger partial charge >= 0.3 is 0 Å².